The third-order valence-corrected chi connectivity index (χ3v) is 6.26. The first kappa shape index (κ1) is 20.2. The quantitative estimate of drug-likeness (QED) is 0.805. The van der Waals surface area contributed by atoms with Crippen LogP contribution in [-0.2, 0) is 17.4 Å². The van der Waals surface area contributed by atoms with Gasteiger partial charge in [-0.25, -0.2) is 0 Å². The molecule has 6 heteroatoms. The van der Waals surface area contributed by atoms with E-state index in [1.54, 1.807) is 11.0 Å². The molecule has 0 bridgehead atoms. The van der Waals surface area contributed by atoms with Crippen molar-refractivity contribution >= 4 is 5.91 Å². The van der Waals surface area contributed by atoms with E-state index in [4.69, 9.17) is 0 Å². The second-order valence-electron chi connectivity index (χ2n) is 8.16. The number of alkyl halides is 3. The van der Waals surface area contributed by atoms with Crippen molar-refractivity contribution in [2.45, 2.75) is 69.5 Å². The van der Waals surface area contributed by atoms with E-state index in [0.717, 1.165) is 25.0 Å². The van der Waals surface area contributed by atoms with Crippen LogP contribution in [0.2, 0.25) is 0 Å². The summed E-state index contributed by atoms with van der Waals surface area (Å²) in [6.07, 6.45) is 5.32. The number of likely N-dealkylation sites (tertiary alicyclic amines) is 1. The summed E-state index contributed by atoms with van der Waals surface area (Å²) in [5.74, 6) is -0.185. The van der Waals surface area contributed by atoms with Gasteiger partial charge in [-0.3, -0.25) is 4.79 Å². The molecule has 2 aliphatic rings. The van der Waals surface area contributed by atoms with Crippen LogP contribution in [-0.4, -0.2) is 31.1 Å². The summed E-state index contributed by atoms with van der Waals surface area (Å²) < 4.78 is 38.5. The van der Waals surface area contributed by atoms with Crippen LogP contribution in [0, 0.1) is 0 Å². The number of benzene rings is 1. The Labute approximate surface area is 159 Å². The minimum atomic E-state index is -4.38. The van der Waals surface area contributed by atoms with Gasteiger partial charge in [-0.1, -0.05) is 24.6 Å². The monoisotopic (exact) mass is 383 g/mol. The number of hydrogen-bond donors (Lipinski definition) is 2. The number of quaternary nitrogens is 1. The van der Waals surface area contributed by atoms with Crippen molar-refractivity contribution in [1.82, 2.24) is 5.32 Å². The van der Waals surface area contributed by atoms with E-state index in [1.165, 1.54) is 57.7 Å². The molecule has 2 N–H and O–H groups in total. The third-order valence-electron chi connectivity index (χ3n) is 6.26. The van der Waals surface area contributed by atoms with E-state index in [0.29, 0.717) is 12.1 Å². The van der Waals surface area contributed by atoms with Crippen LogP contribution < -0.4 is 10.2 Å². The summed E-state index contributed by atoms with van der Waals surface area (Å²) in [6.45, 7) is 2.98. The lowest BCUT2D eigenvalue weighted by atomic mass is 9.79. The van der Waals surface area contributed by atoms with Gasteiger partial charge >= 0.3 is 6.18 Å². The Bertz CT molecular complexity index is 633. The number of carbonyl (C=O) groups is 1. The molecule has 1 saturated carbocycles. The van der Waals surface area contributed by atoms with Crippen LogP contribution in [0.5, 0.6) is 0 Å². The number of amides is 1. The predicted octanol–water partition coefficient (Wildman–Crippen LogP) is 3.14. The topological polar surface area (TPSA) is 33.5 Å². The highest BCUT2D eigenvalue weighted by Gasteiger charge is 2.42. The maximum atomic E-state index is 12.8. The lowest BCUT2D eigenvalue weighted by molar-refractivity contribution is -0.957. The molecule has 3 rings (SSSR count). The fourth-order valence-electron chi connectivity index (χ4n) is 4.77. The van der Waals surface area contributed by atoms with Gasteiger partial charge in [0.25, 0.3) is 0 Å². The zero-order chi connectivity index (χ0) is 19.3. The SMILES string of the molecule is O=C(Cc1cccc(C(F)(F)F)c1)NCC1([NH+]2CCCCC2)CCCCC1. The second-order valence-corrected chi connectivity index (χ2v) is 8.16. The van der Waals surface area contributed by atoms with Crippen molar-refractivity contribution < 1.29 is 22.9 Å². The molecule has 0 radical (unpaired) electrons. The van der Waals surface area contributed by atoms with Gasteiger partial charge in [0.05, 0.1) is 31.6 Å². The first-order valence-corrected chi connectivity index (χ1v) is 10.2. The van der Waals surface area contributed by atoms with Gasteiger partial charge in [0.15, 0.2) is 0 Å². The largest absolute Gasteiger partial charge is 0.416 e. The molecule has 1 saturated heterocycles. The second kappa shape index (κ2) is 8.63. The van der Waals surface area contributed by atoms with E-state index in [-0.39, 0.29) is 17.9 Å². The van der Waals surface area contributed by atoms with Crippen LogP contribution in [0.15, 0.2) is 24.3 Å². The number of carbonyl (C=O) groups excluding carboxylic acids is 1. The van der Waals surface area contributed by atoms with Crippen molar-refractivity contribution in [2.75, 3.05) is 19.6 Å². The molecular weight excluding hydrogens is 353 g/mol. The highest BCUT2D eigenvalue weighted by atomic mass is 19.4. The Morgan fingerprint density at radius 1 is 1.04 bits per heavy atom. The smallest absolute Gasteiger partial charge is 0.350 e. The Kier molecular flexibility index (Phi) is 6.45. The molecule has 27 heavy (non-hydrogen) atoms. The highest BCUT2D eigenvalue weighted by molar-refractivity contribution is 5.78. The van der Waals surface area contributed by atoms with Crippen LogP contribution >= 0.6 is 0 Å². The molecule has 2 fully saturated rings. The maximum absolute atomic E-state index is 12.8. The van der Waals surface area contributed by atoms with Gasteiger partial charge in [-0.05, 0) is 43.7 Å². The van der Waals surface area contributed by atoms with Gasteiger partial charge in [-0.15, -0.1) is 0 Å². The van der Waals surface area contributed by atoms with E-state index in [9.17, 15) is 18.0 Å². The van der Waals surface area contributed by atoms with Crippen LogP contribution in [0.3, 0.4) is 0 Å². The van der Waals surface area contributed by atoms with E-state index < -0.39 is 11.7 Å². The molecule has 1 aliphatic carbocycles. The normalized spacial score (nSPS) is 21.0. The summed E-state index contributed by atoms with van der Waals surface area (Å²) in [5, 5.41) is 3.06. The third kappa shape index (κ3) is 5.24. The number of nitrogens with one attached hydrogen (secondary N) is 2. The summed E-state index contributed by atoms with van der Waals surface area (Å²) in [6, 6.07) is 5.07. The highest BCUT2D eigenvalue weighted by Crippen LogP contribution is 2.30. The van der Waals surface area contributed by atoms with Gasteiger partial charge in [0, 0.05) is 12.8 Å². The molecule has 3 nitrogen and oxygen atoms in total. The van der Waals surface area contributed by atoms with Gasteiger partial charge in [-0.2, -0.15) is 13.2 Å². The maximum Gasteiger partial charge on any atom is 0.416 e. The van der Waals surface area contributed by atoms with Crippen molar-refractivity contribution in [3.05, 3.63) is 35.4 Å². The molecule has 0 spiro atoms. The summed E-state index contributed by atoms with van der Waals surface area (Å²) in [5.41, 5.74) is -0.179. The average Bonchev–Trinajstić information content (AvgIpc) is 2.67. The Morgan fingerprint density at radius 3 is 2.37 bits per heavy atom. The zero-order valence-corrected chi connectivity index (χ0v) is 15.8. The Hall–Kier alpha value is -1.56. The van der Waals surface area contributed by atoms with Crippen molar-refractivity contribution in [3.8, 4) is 0 Å². The van der Waals surface area contributed by atoms with Crippen LogP contribution in [0.25, 0.3) is 0 Å². The molecule has 1 aromatic rings. The zero-order valence-electron chi connectivity index (χ0n) is 15.8. The standard InChI is InChI=1S/C21H29F3N2O/c22-21(23,24)18-9-7-8-17(14-18)15-19(27)25-16-20(10-3-1-4-11-20)26-12-5-2-6-13-26/h7-9,14H,1-6,10-13,15-16H2,(H,25,27)/p+1. The Balaban J connectivity index is 1.61. The summed E-state index contributed by atoms with van der Waals surface area (Å²) >= 11 is 0. The molecule has 1 heterocycles. The van der Waals surface area contributed by atoms with Gasteiger partial charge in [0.2, 0.25) is 5.91 Å². The van der Waals surface area contributed by atoms with E-state index >= 15 is 0 Å². The van der Waals surface area contributed by atoms with Gasteiger partial charge < -0.3 is 10.2 Å². The molecule has 150 valence electrons. The number of halogens is 3. The molecule has 1 aliphatic heterocycles. The fourth-order valence-corrected chi connectivity index (χ4v) is 4.77. The summed E-state index contributed by atoms with van der Waals surface area (Å²) in [7, 11) is 0. The molecule has 1 amide bonds. The van der Waals surface area contributed by atoms with Gasteiger partial charge in [0.1, 0.15) is 5.54 Å². The van der Waals surface area contributed by atoms with Crippen molar-refractivity contribution in [2.24, 2.45) is 0 Å². The fraction of sp³-hybridized carbons (Fsp3) is 0.667. The molecule has 1 aromatic carbocycles. The molecular formula is C21H30F3N2O+. The summed E-state index contributed by atoms with van der Waals surface area (Å²) in [4.78, 5) is 14.1. The van der Waals surface area contributed by atoms with Crippen LogP contribution in [0.4, 0.5) is 13.2 Å². The van der Waals surface area contributed by atoms with Crippen LogP contribution in [0.1, 0.15) is 62.5 Å². The molecule has 0 aromatic heterocycles. The first-order valence-electron chi connectivity index (χ1n) is 10.2. The lowest BCUT2D eigenvalue weighted by Crippen LogP contribution is -3.22. The average molecular weight is 383 g/mol. The van der Waals surface area contributed by atoms with Crippen molar-refractivity contribution in [1.29, 1.82) is 0 Å². The number of piperidine rings is 1. The first-order chi connectivity index (χ1) is 12.9. The lowest BCUT2D eigenvalue weighted by Gasteiger charge is -2.45. The molecule has 0 atom stereocenters. The minimum Gasteiger partial charge on any atom is -0.350 e. The van der Waals surface area contributed by atoms with E-state index in [2.05, 4.69) is 5.32 Å². The van der Waals surface area contributed by atoms with E-state index in [1.807, 2.05) is 0 Å². The van der Waals surface area contributed by atoms with Crippen molar-refractivity contribution in [3.63, 3.8) is 0 Å². The minimum absolute atomic E-state index is 0.00463. The number of rotatable bonds is 5. The Morgan fingerprint density at radius 2 is 1.70 bits per heavy atom. The number of hydrogen-bond acceptors (Lipinski definition) is 1. The predicted molar refractivity (Wildman–Crippen MR) is 98.5 cm³/mol. The molecule has 0 unspecified atom stereocenters.